The summed E-state index contributed by atoms with van der Waals surface area (Å²) in [7, 11) is 0. The lowest BCUT2D eigenvalue weighted by atomic mass is 10.1. The van der Waals surface area contributed by atoms with Crippen LogP contribution in [0.4, 0.5) is 5.82 Å². The summed E-state index contributed by atoms with van der Waals surface area (Å²) in [5.41, 5.74) is 6.19. The predicted octanol–water partition coefficient (Wildman–Crippen LogP) is 1.78. The summed E-state index contributed by atoms with van der Waals surface area (Å²) in [4.78, 5) is 8.14. The van der Waals surface area contributed by atoms with Gasteiger partial charge in [0.2, 0.25) is 0 Å². The first-order valence-corrected chi connectivity index (χ1v) is 5.87. The fraction of sp³-hybridized carbons (Fsp3) is 0.400. The van der Waals surface area contributed by atoms with Crippen LogP contribution < -0.4 is 5.73 Å². The first kappa shape index (κ1) is 10.9. The molecule has 0 aromatic carbocycles. The maximum atomic E-state index is 5.47. The molecule has 84 valence electrons. The molecule has 2 heterocycles. The minimum atomic E-state index is 0.413. The van der Waals surface area contributed by atoms with Crippen molar-refractivity contribution in [3.05, 3.63) is 17.4 Å². The molecule has 0 unspecified atom stereocenters. The van der Waals surface area contributed by atoms with Crippen LogP contribution in [0.1, 0.15) is 18.9 Å². The molecule has 2 N–H and O–H groups in total. The molecule has 0 spiro atoms. The first-order valence-electron chi connectivity index (χ1n) is 5.05. The highest BCUT2D eigenvalue weighted by molar-refractivity contribution is 7.14. The Kier molecular flexibility index (Phi) is 3.09. The number of nitrogen functional groups attached to an aromatic ring is 1. The molecular weight excluding hydrogens is 222 g/mol. The molecule has 6 heteroatoms. The van der Waals surface area contributed by atoms with Crippen LogP contribution in [-0.4, -0.2) is 20.2 Å². The third-order valence-corrected chi connectivity index (χ3v) is 2.91. The highest BCUT2D eigenvalue weighted by Crippen LogP contribution is 2.22. The van der Waals surface area contributed by atoms with Gasteiger partial charge in [-0.15, -0.1) is 10.2 Å². The number of aromatic nitrogens is 4. The van der Waals surface area contributed by atoms with Crippen LogP contribution in [0.5, 0.6) is 0 Å². The second-order valence-corrected chi connectivity index (χ2v) is 4.99. The van der Waals surface area contributed by atoms with Crippen LogP contribution in [0.3, 0.4) is 0 Å². The Bertz CT molecular complexity index is 462. The third-order valence-electron chi connectivity index (χ3n) is 1.94. The summed E-state index contributed by atoms with van der Waals surface area (Å²) in [5.74, 6) is 0.994. The molecule has 0 fully saturated rings. The Morgan fingerprint density at radius 1 is 1.25 bits per heavy atom. The van der Waals surface area contributed by atoms with E-state index in [1.165, 1.54) is 6.20 Å². The molecule has 0 atom stereocenters. The summed E-state index contributed by atoms with van der Waals surface area (Å²) >= 11 is 1.55. The van der Waals surface area contributed by atoms with Gasteiger partial charge in [0.25, 0.3) is 0 Å². The largest absolute Gasteiger partial charge is 0.382 e. The Labute approximate surface area is 97.8 Å². The van der Waals surface area contributed by atoms with Gasteiger partial charge < -0.3 is 5.73 Å². The first-order chi connectivity index (χ1) is 7.65. The summed E-state index contributed by atoms with van der Waals surface area (Å²) in [6, 6.07) is 0. The lowest BCUT2D eigenvalue weighted by molar-refractivity contribution is 0.640. The maximum Gasteiger partial charge on any atom is 0.167 e. The topological polar surface area (TPSA) is 77.6 Å². The Hall–Kier alpha value is -1.56. The minimum absolute atomic E-state index is 0.413. The summed E-state index contributed by atoms with van der Waals surface area (Å²) in [6.45, 7) is 4.31. The van der Waals surface area contributed by atoms with E-state index in [0.29, 0.717) is 11.7 Å². The van der Waals surface area contributed by atoms with Crippen molar-refractivity contribution >= 4 is 17.2 Å². The molecule has 16 heavy (non-hydrogen) atoms. The molecular formula is C10H13N5S. The van der Waals surface area contributed by atoms with Gasteiger partial charge in [-0.2, -0.15) is 0 Å². The molecule has 0 aliphatic rings. The van der Waals surface area contributed by atoms with Crippen molar-refractivity contribution in [3.63, 3.8) is 0 Å². The molecule has 2 aromatic rings. The number of nitrogens with two attached hydrogens (primary N) is 1. The van der Waals surface area contributed by atoms with Gasteiger partial charge in [-0.05, 0) is 5.92 Å². The quantitative estimate of drug-likeness (QED) is 0.877. The molecule has 2 rings (SSSR count). The smallest absolute Gasteiger partial charge is 0.167 e. The number of nitrogens with zero attached hydrogens (tertiary/aromatic N) is 4. The van der Waals surface area contributed by atoms with E-state index in [1.807, 2.05) is 0 Å². The maximum absolute atomic E-state index is 5.47. The lowest BCUT2D eigenvalue weighted by Gasteiger charge is -1.97. The van der Waals surface area contributed by atoms with E-state index in [1.54, 1.807) is 17.5 Å². The van der Waals surface area contributed by atoms with E-state index < -0.39 is 0 Å². The van der Waals surface area contributed by atoms with Gasteiger partial charge in [-0.25, -0.2) is 9.97 Å². The number of anilines is 1. The standard InChI is InChI=1S/C10H13N5S/c1-6(2)3-9-14-15-10(16-9)7-4-13-8(11)5-12-7/h4-6H,3H2,1-2H3,(H2,11,13). The molecule has 0 saturated carbocycles. The van der Waals surface area contributed by atoms with Crippen molar-refractivity contribution in [1.29, 1.82) is 0 Å². The Morgan fingerprint density at radius 3 is 2.69 bits per heavy atom. The Morgan fingerprint density at radius 2 is 2.06 bits per heavy atom. The summed E-state index contributed by atoms with van der Waals surface area (Å²) in [6.07, 6.45) is 4.09. The van der Waals surface area contributed by atoms with Gasteiger partial charge in [0.1, 0.15) is 16.5 Å². The minimum Gasteiger partial charge on any atom is -0.382 e. The fourth-order valence-corrected chi connectivity index (χ4v) is 2.25. The van der Waals surface area contributed by atoms with Crippen molar-refractivity contribution in [2.75, 3.05) is 5.73 Å². The fourth-order valence-electron chi connectivity index (χ4n) is 1.24. The van der Waals surface area contributed by atoms with Crippen molar-refractivity contribution in [3.8, 4) is 10.7 Å². The van der Waals surface area contributed by atoms with E-state index >= 15 is 0 Å². The van der Waals surface area contributed by atoms with Crippen molar-refractivity contribution in [2.45, 2.75) is 20.3 Å². The van der Waals surface area contributed by atoms with Crippen LogP contribution in [0.15, 0.2) is 12.4 Å². The van der Waals surface area contributed by atoms with Crippen LogP contribution in [0.25, 0.3) is 10.7 Å². The number of hydrogen-bond donors (Lipinski definition) is 1. The number of hydrogen-bond acceptors (Lipinski definition) is 6. The molecule has 0 amide bonds. The zero-order chi connectivity index (χ0) is 11.5. The van der Waals surface area contributed by atoms with E-state index in [0.717, 1.165) is 22.1 Å². The van der Waals surface area contributed by atoms with E-state index in [2.05, 4.69) is 34.0 Å². The third kappa shape index (κ3) is 2.52. The highest BCUT2D eigenvalue weighted by Gasteiger charge is 2.09. The van der Waals surface area contributed by atoms with Crippen LogP contribution in [0.2, 0.25) is 0 Å². The van der Waals surface area contributed by atoms with Crippen LogP contribution >= 0.6 is 11.3 Å². The Balaban J connectivity index is 2.21. The second kappa shape index (κ2) is 4.52. The molecule has 0 aliphatic heterocycles. The average Bonchev–Trinajstić information content (AvgIpc) is 2.66. The van der Waals surface area contributed by atoms with Crippen molar-refractivity contribution in [2.24, 2.45) is 5.92 Å². The number of rotatable bonds is 3. The van der Waals surface area contributed by atoms with Gasteiger partial charge >= 0.3 is 0 Å². The van der Waals surface area contributed by atoms with E-state index in [4.69, 9.17) is 5.73 Å². The molecule has 2 aromatic heterocycles. The van der Waals surface area contributed by atoms with Crippen LogP contribution in [-0.2, 0) is 6.42 Å². The second-order valence-electron chi connectivity index (χ2n) is 3.93. The van der Waals surface area contributed by atoms with Crippen molar-refractivity contribution in [1.82, 2.24) is 20.2 Å². The zero-order valence-corrected chi connectivity index (χ0v) is 10.0. The SMILES string of the molecule is CC(C)Cc1nnc(-c2cnc(N)cn2)s1. The van der Waals surface area contributed by atoms with Gasteiger partial charge in [0, 0.05) is 6.42 Å². The average molecular weight is 235 g/mol. The van der Waals surface area contributed by atoms with E-state index in [-0.39, 0.29) is 0 Å². The normalized spacial score (nSPS) is 10.9. The molecule has 5 nitrogen and oxygen atoms in total. The summed E-state index contributed by atoms with van der Waals surface area (Å²) < 4.78 is 0. The predicted molar refractivity (Wildman–Crippen MR) is 63.9 cm³/mol. The monoisotopic (exact) mass is 235 g/mol. The highest BCUT2D eigenvalue weighted by atomic mass is 32.1. The van der Waals surface area contributed by atoms with Gasteiger partial charge in [0.05, 0.1) is 12.4 Å². The molecule has 0 saturated heterocycles. The van der Waals surface area contributed by atoms with E-state index in [9.17, 15) is 0 Å². The lowest BCUT2D eigenvalue weighted by Crippen LogP contribution is -1.92. The molecule has 0 bridgehead atoms. The van der Waals surface area contributed by atoms with Gasteiger partial charge in [-0.1, -0.05) is 25.2 Å². The zero-order valence-electron chi connectivity index (χ0n) is 9.21. The summed E-state index contributed by atoms with van der Waals surface area (Å²) in [5, 5.41) is 10.0. The molecule has 0 radical (unpaired) electrons. The van der Waals surface area contributed by atoms with Gasteiger partial charge in [0.15, 0.2) is 5.01 Å². The van der Waals surface area contributed by atoms with Gasteiger partial charge in [-0.3, -0.25) is 0 Å². The molecule has 0 aliphatic carbocycles. The van der Waals surface area contributed by atoms with Crippen molar-refractivity contribution < 1.29 is 0 Å². The van der Waals surface area contributed by atoms with Crippen LogP contribution in [0, 0.1) is 5.92 Å².